The van der Waals surface area contributed by atoms with Crippen molar-refractivity contribution in [3.05, 3.63) is 52.3 Å². The highest BCUT2D eigenvalue weighted by Crippen LogP contribution is 2.22. The fourth-order valence-electron chi connectivity index (χ4n) is 2.00. The van der Waals surface area contributed by atoms with Gasteiger partial charge < -0.3 is 5.32 Å². The Hall–Kier alpha value is -1.81. The van der Waals surface area contributed by atoms with Gasteiger partial charge in [-0.25, -0.2) is 0 Å². The summed E-state index contributed by atoms with van der Waals surface area (Å²) in [5.41, 5.74) is 2.26. The number of aromatic nitrogens is 2. The predicted molar refractivity (Wildman–Crippen MR) is 75.3 cm³/mol. The molecule has 19 heavy (non-hydrogen) atoms. The Morgan fingerprint density at radius 2 is 2.11 bits per heavy atom. The molecule has 0 aliphatic heterocycles. The molecule has 1 atom stereocenters. The number of nitrogens with zero attached hydrogens (tertiary/aromatic N) is 2. The molecule has 1 aromatic heterocycles. The summed E-state index contributed by atoms with van der Waals surface area (Å²) < 4.78 is 1.57. The van der Waals surface area contributed by atoms with Crippen LogP contribution < -0.4 is 5.32 Å². The van der Waals surface area contributed by atoms with Crippen molar-refractivity contribution in [1.82, 2.24) is 15.1 Å². The van der Waals surface area contributed by atoms with Gasteiger partial charge in [0.15, 0.2) is 0 Å². The lowest BCUT2D eigenvalue weighted by Gasteiger charge is -2.15. The molecule has 2 aromatic rings. The third kappa shape index (κ3) is 2.96. The highest BCUT2D eigenvalue weighted by atomic mass is 35.5. The highest BCUT2D eigenvalue weighted by molar-refractivity contribution is 6.31. The van der Waals surface area contributed by atoms with Crippen LogP contribution >= 0.6 is 11.6 Å². The van der Waals surface area contributed by atoms with E-state index in [0.717, 1.165) is 11.3 Å². The minimum Gasteiger partial charge on any atom is -0.344 e. The summed E-state index contributed by atoms with van der Waals surface area (Å²) in [4.78, 5) is 12.2. The number of halogens is 1. The van der Waals surface area contributed by atoms with Crippen molar-refractivity contribution in [3.63, 3.8) is 0 Å². The van der Waals surface area contributed by atoms with E-state index in [9.17, 15) is 4.79 Å². The summed E-state index contributed by atoms with van der Waals surface area (Å²) in [6.45, 7) is 3.76. The topological polar surface area (TPSA) is 46.9 Å². The van der Waals surface area contributed by atoms with Crippen LogP contribution in [-0.2, 0) is 7.05 Å². The Morgan fingerprint density at radius 3 is 2.68 bits per heavy atom. The van der Waals surface area contributed by atoms with Crippen LogP contribution in [-0.4, -0.2) is 15.7 Å². The summed E-state index contributed by atoms with van der Waals surface area (Å²) in [5.74, 6) is -0.157. The van der Waals surface area contributed by atoms with Crippen molar-refractivity contribution in [2.75, 3.05) is 0 Å². The molecule has 1 heterocycles. The first-order chi connectivity index (χ1) is 8.99. The molecule has 0 saturated carbocycles. The van der Waals surface area contributed by atoms with Gasteiger partial charge in [0.2, 0.25) is 0 Å². The molecule has 0 aliphatic carbocycles. The lowest BCUT2D eigenvalue weighted by Crippen LogP contribution is -2.28. The Labute approximate surface area is 117 Å². The van der Waals surface area contributed by atoms with Gasteiger partial charge in [0.25, 0.3) is 5.91 Å². The van der Waals surface area contributed by atoms with Crippen molar-refractivity contribution in [1.29, 1.82) is 0 Å². The van der Waals surface area contributed by atoms with E-state index in [4.69, 9.17) is 11.6 Å². The minimum absolute atomic E-state index is 0.156. The molecule has 0 unspecified atom stereocenters. The fraction of sp³-hybridized carbons (Fsp3) is 0.286. The second-order valence-electron chi connectivity index (χ2n) is 4.51. The average Bonchev–Trinajstić information content (AvgIpc) is 2.69. The molecule has 4 nitrogen and oxygen atoms in total. The first-order valence-corrected chi connectivity index (χ1v) is 6.42. The molecular formula is C14H16ClN3O. The van der Waals surface area contributed by atoms with Crippen LogP contribution in [0.15, 0.2) is 30.3 Å². The van der Waals surface area contributed by atoms with Gasteiger partial charge in [-0.3, -0.25) is 9.48 Å². The second-order valence-corrected chi connectivity index (χ2v) is 4.92. The number of aryl methyl sites for hydroxylation is 2. The molecule has 1 aromatic carbocycles. The maximum Gasteiger partial charge on any atom is 0.270 e. The molecule has 0 spiro atoms. The maximum atomic E-state index is 12.2. The average molecular weight is 278 g/mol. The van der Waals surface area contributed by atoms with Gasteiger partial charge in [0.1, 0.15) is 5.69 Å². The number of carbonyl (C=O) groups is 1. The number of benzene rings is 1. The van der Waals surface area contributed by atoms with Gasteiger partial charge in [0, 0.05) is 12.1 Å². The number of rotatable bonds is 3. The van der Waals surface area contributed by atoms with E-state index < -0.39 is 0 Å². The summed E-state index contributed by atoms with van der Waals surface area (Å²) in [6, 6.07) is 9.09. The largest absolute Gasteiger partial charge is 0.344 e. The quantitative estimate of drug-likeness (QED) is 0.938. The van der Waals surface area contributed by atoms with Gasteiger partial charge in [0.05, 0.1) is 11.7 Å². The third-order valence-electron chi connectivity index (χ3n) is 2.95. The van der Waals surface area contributed by atoms with E-state index in [0.29, 0.717) is 10.7 Å². The number of hydrogen-bond acceptors (Lipinski definition) is 2. The molecule has 1 amide bonds. The molecule has 0 fully saturated rings. The second kappa shape index (κ2) is 5.45. The zero-order chi connectivity index (χ0) is 14.0. The zero-order valence-corrected chi connectivity index (χ0v) is 11.9. The Kier molecular flexibility index (Phi) is 3.90. The number of nitrogens with one attached hydrogen (secondary N) is 1. The molecule has 2 rings (SSSR count). The molecule has 0 radical (unpaired) electrons. The summed E-state index contributed by atoms with van der Waals surface area (Å²) in [6.07, 6.45) is 0. The number of amides is 1. The number of hydrogen-bond donors (Lipinski definition) is 1. The van der Waals surface area contributed by atoms with Crippen molar-refractivity contribution in [3.8, 4) is 0 Å². The van der Waals surface area contributed by atoms with E-state index in [1.54, 1.807) is 17.8 Å². The zero-order valence-electron chi connectivity index (χ0n) is 11.1. The minimum atomic E-state index is -0.157. The number of carbonyl (C=O) groups excluding carboxylic acids is 1. The molecule has 0 aliphatic rings. The van der Waals surface area contributed by atoms with Gasteiger partial charge in [-0.2, -0.15) is 5.10 Å². The molecule has 100 valence electrons. The first-order valence-electron chi connectivity index (χ1n) is 6.05. The SMILES string of the molecule is Cc1cc(C(=O)N[C@H](C)c2ccccc2Cl)n(C)n1. The molecule has 1 N–H and O–H groups in total. The lowest BCUT2D eigenvalue weighted by atomic mass is 10.1. The molecule has 5 heteroatoms. The van der Waals surface area contributed by atoms with Crippen molar-refractivity contribution >= 4 is 17.5 Å². The monoisotopic (exact) mass is 277 g/mol. The van der Waals surface area contributed by atoms with Crippen LogP contribution in [0.1, 0.15) is 34.7 Å². The normalized spacial score (nSPS) is 12.2. The summed E-state index contributed by atoms with van der Waals surface area (Å²) in [7, 11) is 1.75. The maximum absolute atomic E-state index is 12.2. The summed E-state index contributed by atoms with van der Waals surface area (Å²) in [5, 5.41) is 7.73. The van der Waals surface area contributed by atoms with Crippen LogP contribution in [0.4, 0.5) is 0 Å². The first kappa shape index (κ1) is 13.6. The van der Waals surface area contributed by atoms with Gasteiger partial charge in [-0.1, -0.05) is 29.8 Å². The molecular weight excluding hydrogens is 262 g/mol. The standard InChI is InChI=1S/C14H16ClN3O/c1-9-8-13(18(3)17-9)14(19)16-10(2)11-6-4-5-7-12(11)15/h4-8,10H,1-3H3,(H,16,19)/t10-/m1/s1. The van der Waals surface area contributed by atoms with Crippen molar-refractivity contribution in [2.45, 2.75) is 19.9 Å². The Balaban J connectivity index is 2.15. The third-order valence-corrected chi connectivity index (χ3v) is 3.30. The van der Waals surface area contributed by atoms with E-state index in [1.807, 2.05) is 38.1 Å². The van der Waals surface area contributed by atoms with Crippen LogP contribution in [0, 0.1) is 6.92 Å². The fourth-order valence-corrected chi connectivity index (χ4v) is 2.30. The van der Waals surface area contributed by atoms with Gasteiger partial charge in [-0.15, -0.1) is 0 Å². The van der Waals surface area contributed by atoms with E-state index in [2.05, 4.69) is 10.4 Å². The molecule has 0 bridgehead atoms. The van der Waals surface area contributed by atoms with Crippen LogP contribution in [0.3, 0.4) is 0 Å². The predicted octanol–water partition coefficient (Wildman–Crippen LogP) is 2.87. The Morgan fingerprint density at radius 1 is 1.42 bits per heavy atom. The van der Waals surface area contributed by atoms with Crippen LogP contribution in [0.2, 0.25) is 5.02 Å². The smallest absolute Gasteiger partial charge is 0.270 e. The van der Waals surface area contributed by atoms with Gasteiger partial charge in [-0.05, 0) is 31.5 Å². The lowest BCUT2D eigenvalue weighted by molar-refractivity contribution is 0.0930. The van der Waals surface area contributed by atoms with Crippen molar-refractivity contribution < 1.29 is 4.79 Å². The van der Waals surface area contributed by atoms with E-state index in [1.165, 1.54) is 0 Å². The summed E-state index contributed by atoms with van der Waals surface area (Å²) >= 11 is 6.12. The Bertz CT molecular complexity index is 606. The van der Waals surface area contributed by atoms with Crippen LogP contribution in [0.25, 0.3) is 0 Å². The van der Waals surface area contributed by atoms with Crippen molar-refractivity contribution in [2.24, 2.45) is 7.05 Å². The highest BCUT2D eigenvalue weighted by Gasteiger charge is 2.16. The molecule has 0 saturated heterocycles. The van der Waals surface area contributed by atoms with E-state index in [-0.39, 0.29) is 11.9 Å². The van der Waals surface area contributed by atoms with Gasteiger partial charge >= 0.3 is 0 Å². The van der Waals surface area contributed by atoms with E-state index >= 15 is 0 Å². The van der Waals surface area contributed by atoms with Crippen LogP contribution in [0.5, 0.6) is 0 Å².